The van der Waals surface area contributed by atoms with Crippen molar-refractivity contribution in [3.63, 3.8) is 0 Å². The van der Waals surface area contributed by atoms with Gasteiger partial charge in [0.05, 0.1) is 0 Å². The molecule has 0 nitrogen and oxygen atoms in total. The van der Waals surface area contributed by atoms with Crippen molar-refractivity contribution in [2.24, 2.45) is 0 Å². The molecule has 2 rings (SSSR count). The van der Waals surface area contributed by atoms with Crippen molar-refractivity contribution in [3.05, 3.63) is 54.1 Å². The van der Waals surface area contributed by atoms with Crippen molar-refractivity contribution >= 4 is 5.57 Å². The summed E-state index contributed by atoms with van der Waals surface area (Å²) in [6.07, 6.45) is 11.8. The van der Waals surface area contributed by atoms with Crippen LogP contribution in [0.2, 0.25) is 0 Å². The first kappa shape index (κ1) is 9.26. The van der Waals surface area contributed by atoms with E-state index in [9.17, 15) is 0 Å². The Morgan fingerprint density at radius 3 is 2.64 bits per heavy atom. The lowest BCUT2D eigenvalue weighted by molar-refractivity contribution is 0.766. The van der Waals surface area contributed by atoms with E-state index in [1.54, 1.807) is 0 Å². The zero-order valence-electron chi connectivity index (χ0n) is 8.45. The predicted octanol–water partition coefficient (Wildman–Crippen LogP) is 4.20. The van der Waals surface area contributed by atoms with Crippen LogP contribution in [0.3, 0.4) is 0 Å². The molecule has 1 aromatic carbocycles. The second-order valence-corrected chi connectivity index (χ2v) is 3.73. The summed E-state index contributed by atoms with van der Waals surface area (Å²) in [7, 11) is 0. The molecule has 0 heteroatoms. The molecule has 1 aromatic rings. The van der Waals surface area contributed by atoms with Gasteiger partial charge in [-0.15, -0.1) is 0 Å². The molecule has 0 saturated heterocycles. The van der Waals surface area contributed by atoms with E-state index in [0.717, 1.165) is 0 Å². The van der Waals surface area contributed by atoms with Crippen LogP contribution in [0.5, 0.6) is 0 Å². The fourth-order valence-electron chi connectivity index (χ4n) is 1.83. The Bertz CT molecular complexity index is 330. The summed E-state index contributed by atoms with van der Waals surface area (Å²) in [5.74, 6) is 0. The minimum absolute atomic E-state index is 1.22. The SMILES string of the molecule is C1=CCCCCC(c2ccccc2)=C1. The van der Waals surface area contributed by atoms with Crippen LogP contribution in [0.4, 0.5) is 0 Å². The molecule has 0 unspecified atom stereocenters. The van der Waals surface area contributed by atoms with Crippen molar-refractivity contribution in [1.82, 2.24) is 0 Å². The van der Waals surface area contributed by atoms with E-state index < -0.39 is 0 Å². The highest BCUT2D eigenvalue weighted by molar-refractivity contribution is 5.67. The Morgan fingerprint density at radius 2 is 1.79 bits per heavy atom. The maximum absolute atomic E-state index is 2.27. The molecular weight excluding hydrogens is 168 g/mol. The molecule has 0 spiro atoms. The lowest BCUT2D eigenvalue weighted by atomic mass is 9.97. The quantitative estimate of drug-likeness (QED) is 0.613. The molecule has 0 N–H and O–H groups in total. The van der Waals surface area contributed by atoms with Crippen LogP contribution in [0.1, 0.15) is 31.2 Å². The van der Waals surface area contributed by atoms with Gasteiger partial charge in [0.15, 0.2) is 0 Å². The van der Waals surface area contributed by atoms with E-state index in [0.29, 0.717) is 0 Å². The normalized spacial score (nSPS) is 17.0. The number of hydrogen-bond donors (Lipinski definition) is 0. The number of rotatable bonds is 1. The molecular formula is C14H16. The van der Waals surface area contributed by atoms with Crippen LogP contribution >= 0.6 is 0 Å². The molecule has 0 amide bonds. The molecule has 0 heterocycles. The van der Waals surface area contributed by atoms with Crippen LogP contribution in [-0.2, 0) is 0 Å². The predicted molar refractivity (Wildman–Crippen MR) is 62.0 cm³/mol. The van der Waals surface area contributed by atoms with E-state index in [-0.39, 0.29) is 0 Å². The molecule has 72 valence electrons. The van der Waals surface area contributed by atoms with E-state index in [1.807, 2.05) is 0 Å². The average molecular weight is 184 g/mol. The average Bonchev–Trinajstić information content (AvgIpc) is 2.18. The fourth-order valence-corrected chi connectivity index (χ4v) is 1.83. The van der Waals surface area contributed by atoms with Crippen molar-refractivity contribution < 1.29 is 0 Å². The van der Waals surface area contributed by atoms with Gasteiger partial charge in [-0.2, -0.15) is 0 Å². The van der Waals surface area contributed by atoms with E-state index in [4.69, 9.17) is 0 Å². The lowest BCUT2D eigenvalue weighted by Gasteiger charge is -2.08. The fraction of sp³-hybridized carbons (Fsp3) is 0.286. The summed E-state index contributed by atoms with van der Waals surface area (Å²) in [6, 6.07) is 10.7. The second-order valence-electron chi connectivity index (χ2n) is 3.73. The first-order valence-corrected chi connectivity index (χ1v) is 5.38. The second kappa shape index (κ2) is 4.80. The van der Waals surface area contributed by atoms with Gasteiger partial charge in [0.1, 0.15) is 0 Å². The molecule has 0 atom stereocenters. The summed E-state index contributed by atoms with van der Waals surface area (Å²) in [5, 5.41) is 0. The first-order chi connectivity index (χ1) is 6.97. The third kappa shape index (κ3) is 2.35. The summed E-state index contributed by atoms with van der Waals surface area (Å²) in [4.78, 5) is 0. The van der Waals surface area contributed by atoms with Gasteiger partial charge in [-0.3, -0.25) is 0 Å². The van der Waals surface area contributed by atoms with Crippen LogP contribution < -0.4 is 0 Å². The van der Waals surface area contributed by atoms with Crippen LogP contribution in [-0.4, -0.2) is 0 Å². The molecule has 1 aliphatic carbocycles. The monoisotopic (exact) mass is 184 g/mol. The van der Waals surface area contributed by atoms with Gasteiger partial charge in [-0.05, 0) is 36.8 Å². The van der Waals surface area contributed by atoms with Crippen molar-refractivity contribution in [2.45, 2.75) is 25.7 Å². The number of benzene rings is 1. The van der Waals surface area contributed by atoms with Crippen molar-refractivity contribution in [2.75, 3.05) is 0 Å². The highest BCUT2D eigenvalue weighted by Gasteiger charge is 2.01. The van der Waals surface area contributed by atoms with Crippen LogP contribution in [0.25, 0.3) is 5.57 Å². The Labute approximate surface area is 86.0 Å². The largest absolute Gasteiger partial charge is 0.0845 e. The number of allylic oxidation sites excluding steroid dienone is 4. The van der Waals surface area contributed by atoms with Gasteiger partial charge in [0.2, 0.25) is 0 Å². The Hall–Kier alpha value is -1.30. The van der Waals surface area contributed by atoms with Crippen molar-refractivity contribution in [3.8, 4) is 0 Å². The molecule has 14 heavy (non-hydrogen) atoms. The zero-order chi connectivity index (χ0) is 9.64. The third-order valence-electron chi connectivity index (χ3n) is 2.64. The summed E-state index contributed by atoms with van der Waals surface area (Å²) in [6.45, 7) is 0. The molecule has 0 radical (unpaired) electrons. The zero-order valence-corrected chi connectivity index (χ0v) is 8.45. The van der Waals surface area contributed by atoms with Crippen LogP contribution in [0.15, 0.2) is 48.6 Å². The van der Waals surface area contributed by atoms with E-state index in [1.165, 1.54) is 36.8 Å². The smallest absolute Gasteiger partial charge is 0.0225 e. The lowest BCUT2D eigenvalue weighted by Crippen LogP contribution is -1.87. The first-order valence-electron chi connectivity index (χ1n) is 5.38. The van der Waals surface area contributed by atoms with Gasteiger partial charge < -0.3 is 0 Å². The minimum atomic E-state index is 1.22. The summed E-state index contributed by atoms with van der Waals surface area (Å²) < 4.78 is 0. The van der Waals surface area contributed by atoms with Crippen molar-refractivity contribution in [1.29, 1.82) is 0 Å². The summed E-state index contributed by atoms with van der Waals surface area (Å²) >= 11 is 0. The van der Waals surface area contributed by atoms with Crippen LogP contribution in [0, 0.1) is 0 Å². The highest BCUT2D eigenvalue weighted by Crippen LogP contribution is 2.22. The molecule has 0 bridgehead atoms. The van der Waals surface area contributed by atoms with Gasteiger partial charge in [-0.25, -0.2) is 0 Å². The topological polar surface area (TPSA) is 0 Å². The Morgan fingerprint density at radius 1 is 0.929 bits per heavy atom. The Balaban J connectivity index is 2.23. The summed E-state index contributed by atoms with van der Waals surface area (Å²) in [5.41, 5.74) is 2.85. The Kier molecular flexibility index (Phi) is 3.18. The number of hydrogen-bond acceptors (Lipinski definition) is 0. The van der Waals surface area contributed by atoms with E-state index >= 15 is 0 Å². The highest BCUT2D eigenvalue weighted by atomic mass is 14.1. The third-order valence-corrected chi connectivity index (χ3v) is 2.64. The van der Waals surface area contributed by atoms with E-state index in [2.05, 4.69) is 48.6 Å². The minimum Gasteiger partial charge on any atom is -0.0845 e. The maximum atomic E-state index is 2.27. The maximum Gasteiger partial charge on any atom is -0.0225 e. The molecule has 0 aromatic heterocycles. The standard InChI is InChI=1S/C14H16/c1-2-5-9-13(10-6-3-1)14-11-7-4-8-12-14/h2,4-5,7-9,11-12H,1,3,6,10H2. The van der Waals surface area contributed by atoms with Gasteiger partial charge in [-0.1, -0.05) is 48.6 Å². The molecule has 0 fully saturated rings. The molecule has 0 saturated carbocycles. The molecule has 0 aliphatic heterocycles. The van der Waals surface area contributed by atoms with Gasteiger partial charge >= 0.3 is 0 Å². The molecule has 1 aliphatic rings. The van der Waals surface area contributed by atoms with Gasteiger partial charge in [0.25, 0.3) is 0 Å². The van der Waals surface area contributed by atoms with Gasteiger partial charge in [0, 0.05) is 0 Å².